The predicted molar refractivity (Wildman–Crippen MR) is 112 cm³/mol. The van der Waals surface area contributed by atoms with Gasteiger partial charge in [-0.1, -0.05) is 75.7 Å². The summed E-state index contributed by atoms with van der Waals surface area (Å²) in [5.41, 5.74) is 0. The molecule has 0 saturated carbocycles. The van der Waals surface area contributed by atoms with Crippen LogP contribution in [0.2, 0.25) is 0 Å². The van der Waals surface area contributed by atoms with Gasteiger partial charge in [0.1, 0.15) is 13.2 Å². The fourth-order valence-corrected chi connectivity index (χ4v) is 2.87. The lowest BCUT2D eigenvalue weighted by atomic mass is 10.1. The zero-order chi connectivity index (χ0) is 20.7. The molecule has 0 aliphatic heterocycles. The van der Waals surface area contributed by atoms with Gasteiger partial charge < -0.3 is 10.2 Å². The number of hydrogen-bond donors (Lipinski definition) is 2. The highest BCUT2D eigenvalue weighted by atomic mass is 17.0. The minimum atomic E-state index is -0.278. The van der Waals surface area contributed by atoms with E-state index in [-0.39, 0.29) is 32.3 Å². The van der Waals surface area contributed by atoms with Crippen molar-refractivity contribution in [3.05, 3.63) is 12.2 Å². The predicted octanol–water partition coefficient (Wildman–Crippen LogP) is 4.70. The molecular weight excluding hydrogens is 358 g/mol. The Bertz CT molecular complexity index is 355. The summed E-state index contributed by atoms with van der Waals surface area (Å²) in [5, 5.41) is 18.3. The van der Waals surface area contributed by atoms with Crippen molar-refractivity contribution in [1.29, 1.82) is 0 Å². The third-order valence-corrected chi connectivity index (χ3v) is 4.46. The summed E-state index contributed by atoms with van der Waals surface area (Å²) in [7, 11) is 0. The number of hydroxylamine groups is 2. The zero-order valence-corrected chi connectivity index (χ0v) is 17.9. The van der Waals surface area contributed by atoms with E-state index >= 15 is 0 Å². The Morgan fingerprint density at radius 3 is 1.71 bits per heavy atom. The molecule has 0 radical (unpaired) electrons. The second-order valence-corrected chi connectivity index (χ2v) is 7.10. The van der Waals surface area contributed by atoms with Crippen molar-refractivity contribution in [2.24, 2.45) is 0 Å². The van der Waals surface area contributed by atoms with Gasteiger partial charge in [0.05, 0.1) is 13.2 Å². The lowest BCUT2D eigenvalue weighted by molar-refractivity contribution is -0.345. The summed E-state index contributed by atoms with van der Waals surface area (Å²) in [4.78, 5) is 22.0. The molecule has 0 aromatic heterocycles. The maximum absolute atomic E-state index is 12.0. The third kappa shape index (κ3) is 18.4. The van der Waals surface area contributed by atoms with Crippen LogP contribution in [-0.2, 0) is 14.5 Å². The normalized spacial score (nSPS) is 11.4. The lowest BCUT2D eigenvalue weighted by Crippen LogP contribution is -2.33. The molecule has 0 unspecified atom stereocenters. The van der Waals surface area contributed by atoms with Crippen LogP contribution in [0, 0.1) is 0 Å². The first-order valence-electron chi connectivity index (χ1n) is 11.2. The Kier molecular flexibility index (Phi) is 21.6. The van der Waals surface area contributed by atoms with E-state index in [4.69, 9.17) is 19.9 Å². The number of amides is 1. The highest BCUT2D eigenvalue weighted by Crippen LogP contribution is 2.11. The Labute approximate surface area is 171 Å². The molecular formula is C22H43NO5. The summed E-state index contributed by atoms with van der Waals surface area (Å²) < 4.78 is 0. The van der Waals surface area contributed by atoms with Crippen LogP contribution in [0.4, 0.5) is 0 Å². The summed E-state index contributed by atoms with van der Waals surface area (Å²) in [6.07, 6.45) is 20.7. The molecule has 6 nitrogen and oxygen atoms in total. The third-order valence-electron chi connectivity index (χ3n) is 4.46. The number of nitrogens with zero attached hydrogens (tertiary/aromatic N) is 1. The van der Waals surface area contributed by atoms with E-state index in [1.807, 2.05) is 0 Å². The van der Waals surface area contributed by atoms with Crippen molar-refractivity contribution in [3.63, 3.8) is 0 Å². The average Bonchev–Trinajstić information content (AvgIpc) is 2.70. The fourth-order valence-electron chi connectivity index (χ4n) is 2.87. The monoisotopic (exact) mass is 401 g/mol. The van der Waals surface area contributed by atoms with Gasteiger partial charge in [0, 0.05) is 6.42 Å². The number of aliphatic hydroxyl groups excluding tert-OH is 2. The van der Waals surface area contributed by atoms with Crippen molar-refractivity contribution >= 4 is 5.91 Å². The average molecular weight is 402 g/mol. The van der Waals surface area contributed by atoms with E-state index in [0.29, 0.717) is 6.42 Å². The number of rotatable bonds is 21. The highest BCUT2D eigenvalue weighted by molar-refractivity contribution is 5.73. The maximum Gasteiger partial charge on any atom is 0.273 e. The Morgan fingerprint density at radius 2 is 1.21 bits per heavy atom. The standard InChI is InChI=1S/C22H43NO5/c1-2-3-4-5-6-7-8-9-10-11-12-13-14-15-16-17-22(26)23(27-20-18-24)28-21-19-25/h9-10,24-25H,2-8,11-21H2,1H3/b10-9-. The Hall–Kier alpha value is -0.950. The number of allylic oxidation sites excluding steroid dienone is 2. The van der Waals surface area contributed by atoms with Crippen LogP contribution < -0.4 is 0 Å². The SMILES string of the molecule is CCCCCCCC/C=C\CCCCCCCC(=O)N(OCCO)OCCO. The zero-order valence-electron chi connectivity index (χ0n) is 17.9. The van der Waals surface area contributed by atoms with Gasteiger partial charge in [0.2, 0.25) is 0 Å². The first-order valence-corrected chi connectivity index (χ1v) is 11.2. The van der Waals surface area contributed by atoms with Gasteiger partial charge in [-0.15, -0.1) is 0 Å². The molecule has 0 aromatic rings. The molecule has 1 amide bonds. The first kappa shape index (κ1) is 27.0. The van der Waals surface area contributed by atoms with Gasteiger partial charge in [-0.3, -0.25) is 4.79 Å². The largest absolute Gasteiger partial charge is 0.394 e. The number of carbonyl (C=O) groups excluding carboxylic acids is 1. The molecule has 0 rings (SSSR count). The number of hydrogen-bond acceptors (Lipinski definition) is 5. The molecule has 0 aliphatic carbocycles. The van der Waals surface area contributed by atoms with Crippen LogP contribution >= 0.6 is 0 Å². The molecule has 0 bridgehead atoms. The molecule has 0 aromatic carbocycles. The van der Waals surface area contributed by atoms with Crippen molar-refractivity contribution in [3.8, 4) is 0 Å². The van der Waals surface area contributed by atoms with Crippen LogP contribution in [0.15, 0.2) is 12.2 Å². The highest BCUT2D eigenvalue weighted by Gasteiger charge is 2.14. The minimum absolute atomic E-state index is 0.0104. The molecule has 2 N–H and O–H groups in total. The van der Waals surface area contributed by atoms with Crippen LogP contribution in [-0.4, -0.2) is 47.8 Å². The van der Waals surface area contributed by atoms with Gasteiger partial charge in [-0.2, -0.15) is 0 Å². The second-order valence-electron chi connectivity index (χ2n) is 7.10. The number of aliphatic hydroxyl groups is 2. The fraction of sp³-hybridized carbons (Fsp3) is 0.864. The molecule has 0 spiro atoms. The van der Waals surface area contributed by atoms with Crippen LogP contribution in [0.3, 0.4) is 0 Å². The second kappa shape index (κ2) is 22.3. The molecule has 6 heteroatoms. The molecule has 0 atom stereocenters. The molecule has 0 fully saturated rings. The van der Waals surface area contributed by atoms with E-state index in [9.17, 15) is 4.79 Å². The smallest absolute Gasteiger partial charge is 0.273 e. The molecule has 0 heterocycles. The van der Waals surface area contributed by atoms with E-state index < -0.39 is 0 Å². The minimum Gasteiger partial charge on any atom is -0.394 e. The number of carbonyl (C=O) groups is 1. The van der Waals surface area contributed by atoms with Crippen LogP contribution in [0.25, 0.3) is 0 Å². The molecule has 0 saturated heterocycles. The van der Waals surface area contributed by atoms with Crippen molar-refractivity contribution in [2.75, 3.05) is 26.4 Å². The van der Waals surface area contributed by atoms with E-state index in [1.54, 1.807) is 0 Å². The van der Waals surface area contributed by atoms with E-state index in [1.165, 1.54) is 57.8 Å². The van der Waals surface area contributed by atoms with E-state index in [2.05, 4.69) is 19.1 Å². The van der Waals surface area contributed by atoms with Crippen molar-refractivity contribution < 1.29 is 24.7 Å². The van der Waals surface area contributed by atoms with Crippen LogP contribution in [0.5, 0.6) is 0 Å². The molecule has 28 heavy (non-hydrogen) atoms. The lowest BCUT2D eigenvalue weighted by Gasteiger charge is -2.19. The van der Waals surface area contributed by atoms with Crippen molar-refractivity contribution in [2.45, 2.75) is 96.8 Å². The summed E-state index contributed by atoms with van der Waals surface area (Å²) >= 11 is 0. The van der Waals surface area contributed by atoms with Crippen molar-refractivity contribution in [1.82, 2.24) is 5.23 Å². The Balaban J connectivity index is 3.51. The summed E-state index contributed by atoms with van der Waals surface area (Å²) in [6.45, 7) is 1.84. The quantitative estimate of drug-likeness (QED) is 0.166. The van der Waals surface area contributed by atoms with Gasteiger partial charge in [0.25, 0.3) is 5.91 Å². The van der Waals surface area contributed by atoms with Gasteiger partial charge >= 0.3 is 0 Å². The maximum atomic E-state index is 12.0. The number of unbranched alkanes of at least 4 members (excludes halogenated alkanes) is 11. The van der Waals surface area contributed by atoms with E-state index in [0.717, 1.165) is 30.9 Å². The molecule has 166 valence electrons. The molecule has 0 aliphatic rings. The van der Waals surface area contributed by atoms with Gasteiger partial charge in [-0.25, -0.2) is 9.68 Å². The summed E-state index contributed by atoms with van der Waals surface area (Å²) in [6, 6.07) is 0. The van der Waals surface area contributed by atoms with Gasteiger partial charge in [0.15, 0.2) is 0 Å². The van der Waals surface area contributed by atoms with Crippen LogP contribution in [0.1, 0.15) is 96.8 Å². The first-order chi connectivity index (χ1) is 13.8. The summed E-state index contributed by atoms with van der Waals surface area (Å²) in [5.74, 6) is -0.278. The van der Waals surface area contributed by atoms with Gasteiger partial charge in [-0.05, 0) is 32.1 Å². The Morgan fingerprint density at radius 1 is 0.750 bits per heavy atom. The topological polar surface area (TPSA) is 79.2 Å².